The fourth-order valence-corrected chi connectivity index (χ4v) is 2.83. The zero-order valence-corrected chi connectivity index (χ0v) is 14.4. The predicted molar refractivity (Wildman–Crippen MR) is 94.7 cm³/mol. The highest BCUT2D eigenvalue weighted by molar-refractivity contribution is 9.10. The number of benzene rings is 3. The molecule has 0 bridgehead atoms. The summed E-state index contributed by atoms with van der Waals surface area (Å²) in [6, 6.07) is 14.6. The van der Waals surface area contributed by atoms with E-state index in [0.29, 0.717) is 5.75 Å². The Morgan fingerprint density at radius 1 is 1.04 bits per heavy atom. The number of fused-ring (bicyclic) bond motifs is 1. The third-order valence-electron chi connectivity index (χ3n) is 3.37. The highest BCUT2D eigenvalue weighted by Gasteiger charge is 2.17. The van der Waals surface area contributed by atoms with Crippen molar-refractivity contribution in [2.45, 2.75) is 0 Å². The van der Waals surface area contributed by atoms with Gasteiger partial charge in [-0.15, -0.1) is 0 Å². The normalized spacial score (nSPS) is 10.6. The van der Waals surface area contributed by atoms with Gasteiger partial charge in [-0.25, -0.2) is 4.79 Å². The summed E-state index contributed by atoms with van der Waals surface area (Å²) in [6.45, 7) is 0. The second-order valence-corrected chi connectivity index (χ2v) is 6.29. The van der Waals surface area contributed by atoms with E-state index >= 15 is 0 Å². The summed E-state index contributed by atoms with van der Waals surface area (Å²) in [5, 5.41) is 12.6. The minimum Gasteiger partial charge on any atom is -0.423 e. The second kappa shape index (κ2) is 6.59. The van der Waals surface area contributed by atoms with Crippen molar-refractivity contribution in [3.8, 4) is 5.75 Å². The third-order valence-corrected chi connectivity index (χ3v) is 4.17. The molecule has 0 atom stereocenters. The minimum atomic E-state index is -0.675. The molecule has 0 aromatic heterocycles. The van der Waals surface area contributed by atoms with Crippen molar-refractivity contribution in [2.75, 3.05) is 0 Å². The van der Waals surface area contributed by atoms with Gasteiger partial charge < -0.3 is 4.74 Å². The van der Waals surface area contributed by atoms with Crippen LogP contribution in [-0.2, 0) is 0 Å². The van der Waals surface area contributed by atoms with Crippen LogP contribution < -0.4 is 4.74 Å². The zero-order chi connectivity index (χ0) is 17.3. The Balaban J connectivity index is 1.87. The molecule has 120 valence electrons. The molecule has 3 aromatic carbocycles. The van der Waals surface area contributed by atoms with E-state index in [1.165, 1.54) is 12.1 Å². The number of carbonyl (C=O) groups excluding carboxylic acids is 1. The number of nitro benzene ring substituents is 1. The van der Waals surface area contributed by atoms with Gasteiger partial charge in [-0.1, -0.05) is 39.7 Å². The monoisotopic (exact) mass is 405 g/mol. The first-order valence-corrected chi connectivity index (χ1v) is 7.96. The standard InChI is InChI=1S/C17H9BrClNO4/c18-12-3-1-11-8-14(5-2-10(11)7-12)24-17(21)15-6-4-13(20(22)23)9-16(15)19/h1-9H. The van der Waals surface area contributed by atoms with Crippen LogP contribution in [0, 0.1) is 10.1 Å². The maximum absolute atomic E-state index is 12.2. The van der Waals surface area contributed by atoms with Crippen LogP contribution >= 0.6 is 27.5 Å². The molecule has 7 heteroatoms. The lowest BCUT2D eigenvalue weighted by Gasteiger charge is -2.07. The molecule has 0 aliphatic rings. The van der Waals surface area contributed by atoms with Gasteiger partial charge in [0.1, 0.15) is 5.75 Å². The molecule has 5 nitrogen and oxygen atoms in total. The molecule has 0 unspecified atom stereocenters. The van der Waals surface area contributed by atoms with Gasteiger partial charge in [0.05, 0.1) is 15.5 Å². The smallest absolute Gasteiger partial charge is 0.345 e. The summed E-state index contributed by atoms with van der Waals surface area (Å²) in [5.41, 5.74) is -0.119. The molecule has 0 saturated carbocycles. The van der Waals surface area contributed by atoms with E-state index < -0.39 is 10.9 Å². The second-order valence-electron chi connectivity index (χ2n) is 4.96. The van der Waals surface area contributed by atoms with Crippen molar-refractivity contribution < 1.29 is 14.5 Å². The van der Waals surface area contributed by atoms with Crippen molar-refractivity contribution >= 4 is 50.0 Å². The van der Waals surface area contributed by atoms with Crippen molar-refractivity contribution in [1.82, 2.24) is 0 Å². The first kappa shape index (κ1) is 16.4. The molecule has 3 aromatic rings. The lowest BCUT2D eigenvalue weighted by atomic mass is 10.1. The number of carbonyl (C=O) groups is 1. The summed E-state index contributed by atoms with van der Waals surface area (Å²) in [4.78, 5) is 22.3. The van der Waals surface area contributed by atoms with E-state index in [2.05, 4.69) is 15.9 Å². The number of non-ortho nitro benzene ring substituents is 1. The quantitative estimate of drug-likeness (QED) is 0.253. The van der Waals surface area contributed by atoms with E-state index in [9.17, 15) is 14.9 Å². The Kier molecular flexibility index (Phi) is 4.51. The highest BCUT2D eigenvalue weighted by atomic mass is 79.9. The molecule has 0 aliphatic heterocycles. The first-order chi connectivity index (χ1) is 11.4. The van der Waals surface area contributed by atoms with Crippen LogP contribution in [0.1, 0.15) is 10.4 Å². The number of halogens is 2. The van der Waals surface area contributed by atoms with Crippen LogP contribution in [0.3, 0.4) is 0 Å². The Labute approximate surface area is 150 Å². The topological polar surface area (TPSA) is 69.4 Å². The van der Waals surface area contributed by atoms with Crippen LogP contribution in [0.4, 0.5) is 5.69 Å². The summed E-state index contributed by atoms with van der Waals surface area (Å²) >= 11 is 9.33. The van der Waals surface area contributed by atoms with E-state index in [1.54, 1.807) is 12.1 Å². The molecule has 0 fully saturated rings. The first-order valence-electron chi connectivity index (χ1n) is 6.79. The van der Waals surface area contributed by atoms with Crippen LogP contribution in [0.2, 0.25) is 5.02 Å². The Bertz CT molecular complexity index is 974. The fourth-order valence-electron chi connectivity index (χ4n) is 2.20. The summed E-state index contributed by atoms with van der Waals surface area (Å²) in [7, 11) is 0. The van der Waals surface area contributed by atoms with E-state index in [-0.39, 0.29) is 16.3 Å². The maximum atomic E-state index is 12.2. The van der Waals surface area contributed by atoms with Gasteiger partial charge in [-0.05, 0) is 41.1 Å². The number of ether oxygens (including phenoxy) is 1. The van der Waals surface area contributed by atoms with E-state index in [0.717, 1.165) is 21.3 Å². The molecule has 0 amide bonds. The summed E-state index contributed by atoms with van der Waals surface area (Å²) in [5.74, 6) is -0.310. The van der Waals surface area contributed by atoms with Crippen molar-refractivity contribution in [3.05, 3.63) is 79.8 Å². The number of hydrogen-bond acceptors (Lipinski definition) is 4. The largest absolute Gasteiger partial charge is 0.423 e. The van der Waals surface area contributed by atoms with Crippen LogP contribution in [0.15, 0.2) is 59.1 Å². The number of hydrogen-bond donors (Lipinski definition) is 0. The average molecular weight is 407 g/mol. The molecular weight excluding hydrogens is 398 g/mol. The minimum absolute atomic E-state index is 0.0288. The molecular formula is C17H9BrClNO4. The van der Waals surface area contributed by atoms with Gasteiger partial charge in [0.2, 0.25) is 0 Å². The number of nitro groups is 1. The molecule has 0 saturated heterocycles. The van der Waals surface area contributed by atoms with Crippen molar-refractivity contribution in [1.29, 1.82) is 0 Å². The van der Waals surface area contributed by atoms with Gasteiger partial charge in [0, 0.05) is 16.6 Å². The van der Waals surface area contributed by atoms with E-state index in [4.69, 9.17) is 16.3 Å². The SMILES string of the molecule is O=C(Oc1ccc2cc(Br)ccc2c1)c1ccc([N+](=O)[O-])cc1Cl. The van der Waals surface area contributed by atoms with Crippen LogP contribution in [0.25, 0.3) is 10.8 Å². The lowest BCUT2D eigenvalue weighted by Crippen LogP contribution is -2.09. The number of rotatable bonds is 3. The molecule has 0 radical (unpaired) electrons. The Hall–Kier alpha value is -2.44. The van der Waals surface area contributed by atoms with Gasteiger partial charge in [-0.3, -0.25) is 10.1 Å². The van der Waals surface area contributed by atoms with Crippen LogP contribution in [0.5, 0.6) is 5.75 Å². The third kappa shape index (κ3) is 3.39. The highest BCUT2D eigenvalue weighted by Crippen LogP contribution is 2.27. The summed E-state index contributed by atoms with van der Waals surface area (Å²) < 4.78 is 6.27. The van der Waals surface area contributed by atoms with Gasteiger partial charge >= 0.3 is 5.97 Å². The predicted octanol–water partition coefficient (Wildman–Crippen LogP) is 5.38. The molecule has 0 aliphatic carbocycles. The Morgan fingerprint density at radius 3 is 2.46 bits per heavy atom. The molecule has 0 N–H and O–H groups in total. The lowest BCUT2D eigenvalue weighted by molar-refractivity contribution is -0.384. The average Bonchev–Trinajstić information content (AvgIpc) is 2.54. The Morgan fingerprint density at radius 2 is 1.75 bits per heavy atom. The molecule has 0 heterocycles. The number of esters is 1. The maximum Gasteiger partial charge on any atom is 0.345 e. The fraction of sp³-hybridized carbons (Fsp3) is 0. The zero-order valence-electron chi connectivity index (χ0n) is 12.0. The number of nitrogens with zero attached hydrogens (tertiary/aromatic N) is 1. The van der Waals surface area contributed by atoms with Crippen molar-refractivity contribution in [2.24, 2.45) is 0 Å². The molecule has 0 spiro atoms. The van der Waals surface area contributed by atoms with Gasteiger partial charge in [0.15, 0.2) is 0 Å². The van der Waals surface area contributed by atoms with Crippen LogP contribution in [-0.4, -0.2) is 10.9 Å². The van der Waals surface area contributed by atoms with E-state index in [1.807, 2.05) is 24.3 Å². The van der Waals surface area contributed by atoms with Crippen molar-refractivity contribution in [3.63, 3.8) is 0 Å². The molecule has 3 rings (SSSR count). The summed E-state index contributed by atoms with van der Waals surface area (Å²) in [6.07, 6.45) is 0. The molecule has 24 heavy (non-hydrogen) atoms. The van der Waals surface area contributed by atoms with Gasteiger partial charge in [0.25, 0.3) is 5.69 Å². The van der Waals surface area contributed by atoms with Gasteiger partial charge in [-0.2, -0.15) is 0 Å².